The van der Waals surface area contributed by atoms with Crippen LogP contribution in [0.3, 0.4) is 0 Å². The summed E-state index contributed by atoms with van der Waals surface area (Å²) in [6.07, 6.45) is 1.53. The predicted molar refractivity (Wildman–Crippen MR) is 75.5 cm³/mol. The van der Waals surface area contributed by atoms with E-state index in [2.05, 4.69) is 26.0 Å². The van der Waals surface area contributed by atoms with Crippen LogP contribution in [0.5, 0.6) is 0 Å². The zero-order valence-corrected chi connectivity index (χ0v) is 11.9. The zero-order chi connectivity index (χ0) is 15.4. The number of aromatic nitrogens is 5. The number of aryl methyl sites for hydroxylation is 1. The van der Waals surface area contributed by atoms with Crippen LogP contribution in [0.25, 0.3) is 0 Å². The minimum Gasteiger partial charge on any atom is -0.360 e. The van der Waals surface area contributed by atoms with Crippen LogP contribution in [0, 0.1) is 6.92 Å². The van der Waals surface area contributed by atoms with E-state index in [1.54, 1.807) is 13.0 Å². The molecule has 0 aliphatic carbocycles. The highest BCUT2D eigenvalue weighted by Crippen LogP contribution is 2.18. The summed E-state index contributed by atoms with van der Waals surface area (Å²) in [4.78, 5) is 12.6. The van der Waals surface area contributed by atoms with Crippen LogP contribution in [0.2, 0.25) is 0 Å². The van der Waals surface area contributed by atoms with Crippen LogP contribution in [0.15, 0.2) is 47.1 Å². The topological polar surface area (TPSA) is 98.7 Å². The van der Waals surface area contributed by atoms with E-state index in [1.807, 2.05) is 30.3 Å². The van der Waals surface area contributed by atoms with Crippen LogP contribution in [0.1, 0.15) is 23.2 Å². The Balaban J connectivity index is 1.85. The number of hydrogen-bond donors (Lipinski definition) is 1. The molecule has 1 aromatic carbocycles. The highest BCUT2D eigenvalue weighted by atomic mass is 16.5. The second kappa shape index (κ2) is 6.17. The maximum Gasteiger partial charge on any atom is 0.249 e. The molecule has 0 bridgehead atoms. The van der Waals surface area contributed by atoms with Gasteiger partial charge in [0, 0.05) is 6.07 Å². The van der Waals surface area contributed by atoms with Crippen molar-refractivity contribution in [3.63, 3.8) is 0 Å². The molecule has 0 radical (unpaired) electrons. The second-order valence-electron chi connectivity index (χ2n) is 4.68. The van der Waals surface area contributed by atoms with Gasteiger partial charge in [-0.05, 0) is 22.9 Å². The number of nitrogens with zero attached hydrogens (tertiary/aromatic N) is 5. The average molecular weight is 298 g/mol. The van der Waals surface area contributed by atoms with Gasteiger partial charge in [0.25, 0.3) is 0 Å². The van der Waals surface area contributed by atoms with Gasteiger partial charge in [0.1, 0.15) is 5.82 Å². The Hall–Kier alpha value is -3.03. The van der Waals surface area contributed by atoms with Crippen molar-refractivity contribution in [2.45, 2.75) is 19.5 Å². The Morgan fingerprint density at radius 1 is 1.32 bits per heavy atom. The largest absolute Gasteiger partial charge is 0.360 e. The van der Waals surface area contributed by atoms with Gasteiger partial charge in [0.2, 0.25) is 5.91 Å². The molecule has 0 aliphatic rings. The Bertz CT molecular complexity index is 738. The first-order valence-corrected chi connectivity index (χ1v) is 6.72. The van der Waals surface area contributed by atoms with Gasteiger partial charge in [-0.1, -0.05) is 35.5 Å². The summed E-state index contributed by atoms with van der Waals surface area (Å²) >= 11 is 0. The van der Waals surface area contributed by atoms with Crippen molar-refractivity contribution in [3.8, 4) is 0 Å². The summed E-state index contributed by atoms with van der Waals surface area (Å²) in [5, 5.41) is 17.8. The highest BCUT2D eigenvalue weighted by Gasteiger charge is 2.25. The fourth-order valence-corrected chi connectivity index (χ4v) is 2.12. The Kier molecular flexibility index (Phi) is 3.90. The van der Waals surface area contributed by atoms with Crippen molar-refractivity contribution in [1.82, 2.24) is 30.7 Å². The Morgan fingerprint density at radius 2 is 2.14 bits per heavy atom. The molecule has 8 nitrogen and oxygen atoms in total. The minimum absolute atomic E-state index is 0.224. The van der Waals surface area contributed by atoms with Gasteiger partial charge in [-0.2, -0.15) is 0 Å². The van der Waals surface area contributed by atoms with Crippen molar-refractivity contribution in [1.29, 1.82) is 0 Å². The predicted octanol–water partition coefficient (Wildman–Crippen LogP) is 0.875. The lowest BCUT2D eigenvalue weighted by atomic mass is 10.1. The Labute approximate surface area is 126 Å². The molecule has 3 rings (SSSR count). The fourth-order valence-electron chi connectivity index (χ4n) is 2.12. The molecule has 0 fully saturated rings. The first-order valence-electron chi connectivity index (χ1n) is 6.72. The summed E-state index contributed by atoms with van der Waals surface area (Å²) in [6, 6.07) is 10.4. The third-order valence-electron chi connectivity index (χ3n) is 3.19. The van der Waals surface area contributed by atoms with E-state index in [0.29, 0.717) is 11.6 Å². The molecule has 1 N–H and O–H groups in total. The second-order valence-corrected chi connectivity index (χ2v) is 4.68. The SMILES string of the molecule is Cc1nnnn1C(C(=O)NCc1ccno1)c1ccccc1. The van der Waals surface area contributed by atoms with Crippen molar-refractivity contribution in [2.75, 3.05) is 0 Å². The fraction of sp³-hybridized carbons (Fsp3) is 0.214. The number of rotatable bonds is 5. The molecule has 0 spiro atoms. The lowest BCUT2D eigenvalue weighted by Gasteiger charge is -2.17. The van der Waals surface area contributed by atoms with Crippen LogP contribution >= 0.6 is 0 Å². The number of hydrogen-bond acceptors (Lipinski definition) is 6. The molecule has 1 atom stereocenters. The maximum absolute atomic E-state index is 12.6. The zero-order valence-electron chi connectivity index (χ0n) is 11.9. The number of amides is 1. The normalized spacial score (nSPS) is 12.0. The van der Waals surface area contributed by atoms with Crippen LogP contribution in [-0.2, 0) is 11.3 Å². The van der Waals surface area contributed by atoms with E-state index in [-0.39, 0.29) is 12.5 Å². The van der Waals surface area contributed by atoms with E-state index in [9.17, 15) is 4.79 Å². The first-order chi connectivity index (χ1) is 10.8. The van der Waals surface area contributed by atoms with E-state index in [4.69, 9.17) is 4.52 Å². The van der Waals surface area contributed by atoms with Crippen molar-refractivity contribution >= 4 is 5.91 Å². The Morgan fingerprint density at radius 3 is 2.77 bits per heavy atom. The van der Waals surface area contributed by atoms with Crippen molar-refractivity contribution < 1.29 is 9.32 Å². The first kappa shape index (κ1) is 13.9. The van der Waals surface area contributed by atoms with E-state index in [0.717, 1.165) is 5.56 Å². The standard InChI is InChI=1S/C14H14N6O2/c1-10-17-18-19-20(10)13(11-5-3-2-4-6-11)14(21)15-9-12-7-8-16-22-12/h2-8,13H,9H2,1H3,(H,15,21). The molecule has 8 heteroatoms. The minimum atomic E-state index is -0.640. The molecular formula is C14H14N6O2. The van der Waals surface area contributed by atoms with Gasteiger partial charge in [0.15, 0.2) is 11.8 Å². The van der Waals surface area contributed by atoms with Crippen LogP contribution in [-0.4, -0.2) is 31.3 Å². The van der Waals surface area contributed by atoms with E-state index in [1.165, 1.54) is 10.9 Å². The average Bonchev–Trinajstić information content (AvgIpc) is 3.19. The van der Waals surface area contributed by atoms with Gasteiger partial charge < -0.3 is 9.84 Å². The number of benzene rings is 1. The molecule has 0 saturated heterocycles. The molecule has 3 aromatic rings. The lowest BCUT2D eigenvalue weighted by molar-refractivity contribution is -0.123. The van der Waals surface area contributed by atoms with Gasteiger partial charge in [-0.15, -0.1) is 5.10 Å². The van der Waals surface area contributed by atoms with E-state index >= 15 is 0 Å². The van der Waals surface area contributed by atoms with Crippen molar-refractivity contribution in [3.05, 3.63) is 59.7 Å². The summed E-state index contributed by atoms with van der Waals surface area (Å²) < 4.78 is 6.46. The molecule has 112 valence electrons. The molecule has 0 aliphatic heterocycles. The smallest absolute Gasteiger partial charge is 0.249 e. The monoisotopic (exact) mass is 298 g/mol. The number of carbonyl (C=O) groups excluding carboxylic acids is 1. The lowest BCUT2D eigenvalue weighted by Crippen LogP contribution is -2.34. The summed E-state index contributed by atoms with van der Waals surface area (Å²) in [6.45, 7) is 2.00. The van der Waals surface area contributed by atoms with Crippen LogP contribution < -0.4 is 5.32 Å². The molecule has 22 heavy (non-hydrogen) atoms. The molecule has 2 heterocycles. The van der Waals surface area contributed by atoms with E-state index < -0.39 is 6.04 Å². The molecule has 1 amide bonds. The summed E-state index contributed by atoms with van der Waals surface area (Å²) in [5.41, 5.74) is 0.799. The molecule has 2 aromatic heterocycles. The van der Waals surface area contributed by atoms with Gasteiger partial charge in [0.05, 0.1) is 12.7 Å². The highest BCUT2D eigenvalue weighted by molar-refractivity contribution is 5.83. The third-order valence-corrected chi connectivity index (χ3v) is 3.19. The molecule has 0 saturated carbocycles. The number of tetrazole rings is 1. The van der Waals surface area contributed by atoms with Gasteiger partial charge in [-0.3, -0.25) is 4.79 Å². The van der Waals surface area contributed by atoms with Gasteiger partial charge >= 0.3 is 0 Å². The molecular weight excluding hydrogens is 284 g/mol. The number of carbonyl (C=O) groups is 1. The third kappa shape index (κ3) is 2.85. The van der Waals surface area contributed by atoms with Crippen molar-refractivity contribution in [2.24, 2.45) is 0 Å². The van der Waals surface area contributed by atoms with Crippen LogP contribution in [0.4, 0.5) is 0 Å². The number of nitrogens with one attached hydrogen (secondary N) is 1. The maximum atomic E-state index is 12.6. The summed E-state index contributed by atoms with van der Waals surface area (Å²) in [5.74, 6) is 0.912. The summed E-state index contributed by atoms with van der Waals surface area (Å²) in [7, 11) is 0. The van der Waals surface area contributed by atoms with Gasteiger partial charge in [-0.25, -0.2) is 4.68 Å². The quantitative estimate of drug-likeness (QED) is 0.750. The molecule has 1 unspecified atom stereocenters.